The highest BCUT2D eigenvalue weighted by molar-refractivity contribution is 5.91. The van der Waals surface area contributed by atoms with E-state index >= 15 is 0 Å². The van der Waals surface area contributed by atoms with Crippen LogP contribution in [0, 0.1) is 29.2 Å². The topological polar surface area (TPSA) is 35.5 Å². The molecule has 31 heavy (non-hydrogen) atoms. The molecule has 1 fully saturated rings. The number of carbonyl (C=O) groups is 1. The molecule has 168 valence electrons. The minimum absolute atomic E-state index is 0.0926. The first-order valence-corrected chi connectivity index (χ1v) is 10.7. The number of rotatable bonds is 7. The second-order valence-corrected chi connectivity index (χ2v) is 7.85. The van der Waals surface area contributed by atoms with Crippen LogP contribution in [0.5, 0.6) is 11.5 Å². The van der Waals surface area contributed by atoms with Crippen LogP contribution in [0.3, 0.4) is 0 Å². The van der Waals surface area contributed by atoms with Gasteiger partial charge in [-0.3, -0.25) is 0 Å². The van der Waals surface area contributed by atoms with Crippen molar-refractivity contribution in [2.75, 3.05) is 6.61 Å². The maximum atomic E-state index is 14.7. The van der Waals surface area contributed by atoms with Crippen LogP contribution in [-0.2, 0) is 0 Å². The summed E-state index contributed by atoms with van der Waals surface area (Å²) in [7, 11) is 0. The van der Waals surface area contributed by atoms with Crippen LogP contribution in [0.1, 0.15) is 74.2 Å². The van der Waals surface area contributed by atoms with Crippen LogP contribution in [0.2, 0.25) is 0 Å². The largest absolute Gasteiger partial charge is 0.491 e. The van der Waals surface area contributed by atoms with E-state index in [1.807, 2.05) is 0 Å². The van der Waals surface area contributed by atoms with Gasteiger partial charge in [0.15, 0.2) is 23.1 Å². The predicted octanol–water partition coefficient (Wildman–Crippen LogP) is 6.93. The summed E-state index contributed by atoms with van der Waals surface area (Å²) in [6.45, 7) is 3.84. The fourth-order valence-electron chi connectivity index (χ4n) is 4.22. The number of carbonyl (C=O) groups excluding carboxylic acids is 1. The molecule has 1 aliphatic carbocycles. The first-order valence-electron chi connectivity index (χ1n) is 10.7. The van der Waals surface area contributed by atoms with Crippen molar-refractivity contribution in [2.24, 2.45) is 5.92 Å². The Morgan fingerprint density at radius 2 is 1.52 bits per heavy atom. The lowest BCUT2D eigenvalue weighted by atomic mass is 9.77. The second kappa shape index (κ2) is 10.2. The lowest BCUT2D eigenvalue weighted by Gasteiger charge is -2.29. The normalized spacial score (nSPS) is 18.6. The van der Waals surface area contributed by atoms with Crippen molar-refractivity contribution < 1.29 is 31.8 Å². The van der Waals surface area contributed by atoms with Crippen molar-refractivity contribution >= 4 is 5.97 Å². The Bertz CT molecular complexity index is 937. The van der Waals surface area contributed by atoms with E-state index in [-0.39, 0.29) is 23.8 Å². The van der Waals surface area contributed by atoms with Gasteiger partial charge in [-0.15, -0.1) is 0 Å². The lowest BCUT2D eigenvalue weighted by Crippen LogP contribution is -2.16. The van der Waals surface area contributed by atoms with E-state index in [2.05, 4.69) is 6.92 Å². The Morgan fingerprint density at radius 1 is 0.871 bits per heavy atom. The van der Waals surface area contributed by atoms with E-state index < -0.39 is 40.6 Å². The molecule has 3 nitrogen and oxygen atoms in total. The quantitative estimate of drug-likeness (QED) is 0.267. The van der Waals surface area contributed by atoms with Crippen molar-refractivity contribution in [2.45, 2.75) is 58.3 Å². The van der Waals surface area contributed by atoms with Gasteiger partial charge in [-0.25, -0.2) is 13.6 Å². The maximum absolute atomic E-state index is 14.7. The summed E-state index contributed by atoms with van der Waals surface area (Å²) in [5.41, 5.74) is -0.482. The van der Waals surface area contributed by atoms with Gasteiger partial charge < -0.3 is 9.47 Å². The minimum Gasteiger partial charge on any atom is -0.491 e. The van der Waals surface area contributed by atoms with Gasteiger partial charge in [-0.05, 0) is 68.2 Å². The average molecular weight is 438 g/mol. The lowest BCUT2D eigenvalue weighted by molar-refractivity contribution is 0.0720. The van der Waals surface area contributed by atoms with Crippen LogP contribution in [0.4, 0.5) is 17.6 Å². The summed E-state index contributed by atoms with van der Waals surface area (Å²) in [5.74, 6) is -7.02. The van der Waals surface area contributed by atoms with E-state index in [4.69, 9.17) is 9.47 Å². The molecule has 0 atom stereocenters. The molecule has 0 unspecified atom stereocenters. The van der Waals surface area contributed by atoms with Gasteiger partial charge in [0.25, 0.3) is 0 Å². The number of hydrogen-bond acceptors (Lipinski definition) is 3. The van der Waals surface area contributed by atoms with Crippen molar-refractivity contribution in [3.63, 3.8) is 0 Å². The number of hydrogen-bond donors (Lipinski definition) is 0. The predicted molar refractivity (Wildman–Crippen MR) is 108 cm³/mol. The van der Waals surface area contributed by atoms with E-state index in [0.29, 0.717) is 5.92 Å². The van der Waals surface area contributed by atoms with Gasteiger partial charge >= 0.3 is 5.97 Å². The monoisotopic (exact) mass is 438 g/mol. The smallest absolute Gasteiger partial charge is 0.346 e. The summed E-state index contributed by atoms with van der Waals surface area (Å²) in [6.07, 6.45) is 5.74. The molecule has 2 aromatic carbocycles. The summed E-state index contributed by atoms with van der Waals surface area (Å²) < 4.78 is 67.2. The molecule has 1 saturated carbocycles. The van der Waals surface area contributed by atoms with Crippen molar-refractivity contribution in [3.05, 3.63) is 58.7 Å². The maximum Gasteiger partial charge on any atom is 0.346 e. The third kappa shape index (κ3) is 5.02. The van der Waals surface area contributed by atoms with Gasteiger partial charge in [-0.1, -0.05) is 25.8 Å². The molecule has 1 aliphatic rings. The van der Waals surface area contributed by atoms with Crippen LogP contribution >= 0.6 is 0 Å². The Morgan fingerprint density at radius 3 is 2.16 bits per heavy atom. The van der Waals surface area contributed by atoms with Gasteiger partial charge in [0.1, 0.15) is 0 Å². The third-order valence-corrected chi connectivity index (χ3v) is 5.83. The molecule has 0 N–H and O–H groups in total. The van der Waals surface area contributed by atoms with Crippen molar-refractivity contribution in [1.29, 1.82) is 0 Å². The Hall–Kier alpha value is -2.57. The molecule has 0 spiro atoms. The molecule has 0 heterocycles. The van der Waals surface area contributed by atoms with Gasteiger partial charge in [0, 0.05) is 0 Å². The molecule has 0 saturated heterocycles. The van der Waals surface area contributed by atoms with E-state index in [9.17, 15) is 22.4 Å². The van der Waals surface area contributed by atoms with Crippen molar-refractivity contribution in [3.8, 4) is 11.5 Å². The fraction of sp³-hybridized carbons (Fsp3) is 0.458. The zero-order valence-corrected chi connectivity index (χ0v) is 17.7. The summed E-state index contributed by atoms with van der Waals surface area (Å²) in [6, 6.07) is 4.62. The van der Waals surface area contributed by atoms with Gasteiger partial charge in [0.05, 0.1) is 12.2 Å². The summed E-state index contributed by atoms with van der Waals surface area (Å²) in [5, 5.41) is 0. The van der Waals surface area contributed by atoms with Crippen LogP contribution in [0.15, 0.2) is 24.3 Å². The highest BCUT2D eigenvalue weighted by Gasteiger charge is 2.28. The van der Waals surface area contributed by atoms with E-state index in [1.165, 1.54) is 6.07 Å². The van der Waals surface area contributed by atoms with E-state index in [1.54, 1.807) is 6.92 Å². The fourth-order valence-corrected chi connectivity index (χ4v) is 4.22. The molecule has 0 aliphatic heterocycles. The van der Waals surface area contributed by atoms with Gasteiger partial charge in [-0.2, -0.15) is 8.78 Å². The Balaban J connectivity index is 1.75. The Kier molecular flexibility index (Phi) is 7.57. The first kappa shape index (κ1) is 23.1. The SMILES string of the molecule is CCC[C@H]1CC[C@H](c2ccc(OC(=O)c3ccc(OCC)c(F)c3F)c(F)c2F)CC1. The first-order chi connectivity index (χ1) is 14.9. The molecule has 0 amide bonds. The summed E-state index contributed by atoms with van der Waals surface area (Å²) in [4.78, 5) is 12.2. The zero-order valence-electron chi connectivity index (χ0n) is 17.7. The second-order valence-electron chi connectivity index (χ2n) is 7.85. The summed E-state index contributed by atoms with van der Waals surface area (Å²) >= 11 is 0. The molecule has 3 rings (SSSR count). The molecular weight excluding hydrogens is 412 g/mol. The molecule has 0 aromatic heterocycles. The van der Waals surface area contributed by atoms with E-state index in [0.717, 1.165) is 56.7 Å². The van der Waals surface area contributed by atoms with Crippen molar-refractivity contribution in [1.82, 2.24) is 0 Å². The number of ether oxygens (including phenoxy) is 2. The highest BCUT2D eigenvalue weighted by Crippen LogP contribution is 2.40. The van der Waals surface area contributed by atoms with Crippen LogP contribution < -0.4 is 9.47 Å². The molecule has 0 bridgehead atoms. The average Bonchev–Trinajstić information content (AvgIpc) is 2.76. The molecule has 0 radical (unpaired) electrons. The standard InChI is InChI=1S/C24H26F4O3/c1-3-5-14-6-8-15(9-7-14)16-10-13-19(23(28)20(16)25)31-24(29)17-11-12-18(30-4-2)22(27)21(17)26/h10-15H,3-9H2,1-2H3/t14-,15-. The zero-order chi connectivity index (χ0) is 22.5. The molecule has 2 aromatic rings. The van der Waals surface area contributed by atoms with Gasteiger partial charge in [0.2, 0.25) is 11.6 Å². The highest BCUT2D eigenvalue weighted by atomic mass is 19.2. The Labute approximate surface area is 179 Å². The third-order valence-electron chi connectivity index (χ3n) is 5.83. The number of benzene rings is 2. The van der Waals surface area contributed by atoms with Crippen LogP contribution in [0.25, 0.3) is 0 Å². The number of esters is 1. The van der Waals surface area contributed by atoms with Crippen LogP contribution in [-0.4, -0.2) is 12.6 Å². The molecular formula is C24H26F4O3. The molecule has 7 heteroatoms. The minimum atomic E-state index is -1.47. The number of halogens is 4.